The molecule has 1 aromatic carbocycles. The molecule has 5 rings (SSSR count). The fourth-order valence-electron chi connectivity index (χ4n) is 4.75. The number of ether oxygens (including phenoxy) is 3. The minimum absolute atomic E-state index is 0.158. The molecule has 38 heavy (non-hydrogen) atoms. The molecule has 3 aromatic rings. The summed E-state index contributed by atoms with van der Waals surface area (Å²) in [5, 5.41) is 21.3. The third-order valence-corrected chi connectivity index (χ3v) is 8.70. The number of aromatic nitrogens is 4. The van der Waals surface area contributed by atoms with Crippen LogP contribution in [-0.4, -0.2) is 68.9 Å². The number of benzene rings is 1. The molecule has 13 nitrogen and oxygen atoms in total. The number of hydrogen-bond acceptors (Lipinski definition) is 10. The number of carbonyl (C=O) groups excluding carboxylic acids is 1. The summed E-state index contributed by atoms with van der Waals surface area (Å²) in [6.07, 6.45) is 1.74. The zero-order valence-corrected chi connectivity index (χ0v) is 22.7. The Bertz CT molecular complexity index is 1360. The first-order valence-corrected chi connectivity index (χ1v) is 13.9. The van der Waals surface area contributed by atoms with Crippen LogP contribution in [0.15, 0.2) is 30.6 Å². The summed E-state index contributed by atoms with van der Waals surface area (Å²) in [7, 11) is -1.38. The molecule has 1 saturated heterocycles. The van der Waals surface area contributed by atoms with Gasteiger partial charge in [0.2, 0.25) is 0 Å². The number of methoxy groups -OCH3 is 2. The second kappa shape index (κ2) is 10.1. The summed E-state index contributed by atoms with van der Waals surface area (Å²) in [6, 6.07) is 6.25. The van der Waals surface area contributed by atoms with Gasteiger partial charge in [0.15, 0.2) is 17.4 Å². The molecule has 2 fully saturated rings. The molecular weight excluding hydrogens is 541 g/mol. The van der Waals surface area contributed by atoms with Crippen LogP contribution in [0.3, 0.4) is 0 Å². The zero-order valence-electron chi connectivity index (χ0n) is 21.0. The number of fused-ring (bicyclic) bond motifs is 1. The number of nitrogens with one attached hydrogen (secondary N) is 2. The van der Waals surface area contributed by atoms with Gasteiger partial charge in [0.1, 0.15) is 16.9 Å². The maximum absolute atomic E-state index is 14.0. The van der Waals surface area contributed by atoms with Crippen LogP contribution in [0.2, 0.25) is 5.02 Å². The van der Waals surface area contributed by atoms with E-state index in [1.54, 1.807) is 35.8 Å². The van der Waals surface area contributed by atoms with Crippen molar-refractivity contribution in [1.82, 2.24) is 24.8 Å². The molecule has 1 aliphatic heterocycles. The van der Waals surface area contributed by atoms with Crippen LogP contribution in [0.4, 0.5) is 0 Å². The van der Waals surface area contributed by atoms with E-state index in [4.69, 9.17) is 34.9 Å². The normalized spacial score (nSPS) is 26.0. The van der Waals surface area contributed by atoms with Crippen LogP contribution in [0.1, 0.15) is 38.8 Å². The molecular formula is C23H29ClN5O8P. The van der Waals surface area contributed by atoms with Crippen LogP contribution in [0, 0.1) is 0 Å². The number of aromatic amines is 1. The van der Waals surface area contributed by atoms with Crippen molar-refractivity contribution in [3.63, 3.8) is 0 Å². The van der Waals surface area contributed by atoms with E-state index in [9.17, 15) is 14.5 Å². The van der Waals surface area contributed by atoms with Gasteiger partial charge < -0.3 is 23.8 Å². The van der Waals surface area contributed by atoms with Gasteiger partial charge in [0, 0.05) is 11.4 Å². The molecule has 2 aliphatic rings. The number of rotatable bonds is 10. The van der Waals surface area contributed by atoms with Crippen molar-refractivity contribution in [3.8, 4) is 11.6 Å². The highest BCUT2D eigenvalue weighted by molar-refractivity contribution is 7.52. The highest BCUT2D eigenvalue weighted by Gasteiger charge is 2.52. The first kappa shape index (κ1) is 26.9. The molecule has 206 valence electrons. The summed E-state index contributed by atoms with van der Waals surface area (Å²) in [5.74, 6) is 0.000421. The zero-order chi connectivity index (χ0) is 27.1. The van der Waals surface area contributed by atoms with Gasteiger partial charge in [-0.05, 0) is 50.5 Å². The summed E-state index contributed by atoms with van der Waals surface area (Å²) < 4.78 is 43.4. The fraction of sp³-hybridized carbons (Fsp3) is 0.522. The van der Waals surface area contributed by atoms with E-state index in [1.807, 2.05) is 0 Å². The van der Waals surface area contributed by atoms with Crippen molar-refractivity contribution in [2.24, 2.45) is 0 Å². The highest BCUT2D eigenvalue weighted by Crippen LogP contribution is 2.51. The molecule has 0 spiro atoms. The first-order chi connectivity index (χ1) is 18.1. The van der Waals surface area contributed by atoms with Gasteiger partial charge in [-0.25, -0.2) is 9.55 Å². The number of hydrogen-bond donors (Lipinski definition) is 3. The molecule has 1 saturated carbocycles. The lowest BCUT2D eigenvalue weighted by atomic mass is 9.78. The lowest BCUT2D eigenvalue weighted by Gasteiger charge is -2.41. The second-order valence-electron chi connectivity index (χ2n) is 9.63. The van der Waals surface area contributed by atoms with Crippen molar-refractivity contribution >= 4 is 36.5 Å². The van der Waals surface area contributed by atoms with Crippen LogP contribution < -0.4 is 14.3 Å². The van der Waals surface area contributed by atoms with E-state index in [2.05, 4.69) is 20.3 Å². The van der Waals surface area contributed by atoms with Crippen LogP contribution in [0.25, 0.3) is 11.2 Å². The Hall–Kier alpha value is -2.67. The van der Waals surface area contributed by atoms with Crippen LogP contribution in [-0.2, 0) is 23.4 Å². The molecule has 0 radical (unpaired) electrons. The minimum Gasteiger partial charge on any atom is -0.478 e. The summed E-state index contributed by atoms with van der Waals surface area (Å²) in [4.78, 5) is 16.8. The predicted molar refractivity (Wildman–Crippen MR) is 135 cm³/mol. The predicted octanol–water partition coefficient (Wildman–Crippen LogP) is 3.35. The number of halogens is 1. The van der Waals surface area contributed by atoms with Crippen molar-refractivity contribution in [2.75, 3.05) is 20.8 Å². The average molecular weight is 570 g/mol. The third kappa shape index (κ3) is 5.02. The number of esters is 1. The Balaban J connectivity index is 1.34. The van der Waals surface area contributed by atoms with E-state index in [-0.39, 0.29) is 18.8 Å². The van der Waals surface area contributed by atoms with Gasteiger partial charge in [-0.2, -0.15) is 5.09 Å². The Morgan fingerprint density at radius 2 is 2.08 bits per heavy atom. The van der Waals surface area contributed by atoms with Crippen LogP contribution >= 0.6 is 19.3 Å². The number of nitrogens with zero attached hydrogens (tertiary/aromatic N) is 3. The Morgan fingerprint density at radius 1 is 1.34 bits per heavy atom. The van der Waals surface area contributed by atoms with E-state index in [0.717, 1.165) is 6.42 Å². The maximum atomic E-state index is 14.0. The lowest BCUT2D eigenvalue weighted by molar-refractivity contribution is -0.151. The van der Waals surface area contributed by atoms with Crippen molar-refractivity contribution in [2.45, 2.75) is 56.1 Å². The molecule has 4 atom stereocenters. The summed E-state index contributed by atoms with van der Waals surface area (Å²) in [5.41, 5.74) is -1.51. The molecule has 15 heteroatoms. The van der Waals surface area contributed by atoms with E-state index in [1.165, 1.54) is 20.5 Å². The van der Waals surface area contributed by atoms with E-state index < -0.39 is 37.2 Å². The standard InChI is InChI=1S/C23H29ClN5O8P/c1-22(31)11-16(36-20(22)29-13-25-17-18(29)26-27-19(17)33-2)12-35-38(32,37-15-7-5-14(24)6-8-15)28-23(9-4-10-23)21(30)34-3/h5-8,13,16,20,31H,4,9-12H2,1-3H3,(H,26,27)(H,28,32)/t16?,20?,22-,38?/m1/s1. The van der Waals surface area contributed by atoms with Crippen molar-refractivity contribution < 1.29 is 37.7 Å². The minimum atomic E-state index is -4.13. The fourth-order valence-corrected chi connectivity index (χ4v) is 6.64. The van der Waals surface area contributed by atoms with Gasteiger partial charge >= 0.3 is 13.7 Å². The molecule has 3 unspecified atom stereocenters. The van der Waals surface area contributed by atoms with Gasteiger partial charge in [0.05, 0.1) is 33.3 Å². The smallest absolute Gasteiger partial charge is 0.459 e. The van der Waals surface area contributed by atoms with Crippen molar-refractivity contribution in [1.29, 1.82) is 0 Å². The highest BCUT2D eigenvalue weighted by atomic mass is 35.5. The summed E-state index contributed by atoms with van der Waals surface area (Å²) in [6.45, 7) is 1.42. The molecule has 1 aliphatic carbocycles. The molecule has 0 bridgehead atoms. The first-order valence-electron chi connectivity index (χ1n) is 12.0. The Morgan fingerprint density at radius 3 is 2.71 bits per heavy atom. The number of imidazole rings is 1. The maximum Gasteiger partial charge on any atom is 0.459 e. The largest absolute Gasteiger partial charge is 0.478 e. The summed E-state index contributed by atoms with van der Waals surface area (Å²) >= 11 is 5.96. The molecule has 3 heterocycles. The van der Waals surface area contributed by atoms with Gasteiger partial charge in [0.25, 0.3) is 5.88 Å². The van der Waals surface area contributed by atoms with E-state index in [0.29, 0.717) is 34.9 Å². The van der Waals surface area contributed by atoms with Crippen molar-refractivity contribution in [3.05, 3.63) is 35.6 Å². The lowest BCUT2D eigenvalue weighted by Crippen LogP contribution is -2.56. The van der Waals surface area contributed by atoms with Gasteiger partial charge in [-0.1, -0.05) is 11.6 Å². The van der Waals surface area contributed by atoms with Gasteiger partial charge in [-0.3, -0.25) is 19.0 Å². The monoisotopic (exact) mass is 569 g/mol. The Kier molecular flexibility index (Phi) is 7.18. The number of carbonyl (C=O) groups is 1. The number of aliphatic hydroxyl groups is 1. The van der Waals surface area contributed by atoms with E-state index >= 15 is 0 Å². The molecule has 2 aromatic heterocycles. The average Bonchev–Trinajstić information content (AvgIpc) is 3.54. The molecule has 0 amide bonds. The second-order valence-corrected chi connectivity index (χ2v) is 11.7. The van der Waals surface area contributed by atoms with Crippen LogP contribution in [0.5, 0.6) is 11.6 Å². The quantitative estimate of drug-likeness (QED) is 0.243. The number of H-pyrrole nitrogens is 1. The molecule has 3 N–H and O–H groups in total. The SMILES string of the molecule is COC(=O)C1(NP(=O)(OCC2C[C@@](C)(O)C(n3cnc4c(OC)n[nH]c43)O2)Oc2ccc(Cl)cc2)CCC1. The Labute approximate surface area is 223 Å². The third-order valence-electron chi connectivity index (χ3n) is 6.80. The van der Waals surface area contributed by atoms with Gasteiger partial charge in [-0.15, -0.1) is 5.10 Å². The topological polar surface area (TPSA) is 159 Å².